The van der Waals surface area contributed by atoms with Gasteiger partial charge in [-0.2, -0.15) is 0 Å². The molecule has 0 bridgehead atoms. The molecule has 2 atom stereocenters. The quantitative estimate of drug-likeness (QED) is 0.805. The Hall–Kier alpha value is -0.930. The van der Waals surface area contributed by atoms with Crippen LogP contribution in [0.3, 0.4) is 0 Å². The van der Waals surface area contributed by atoms with Gasteiger partial charge in [-0.1, -0.05) is 13.8 Å². The number of methoxy groups -OCH3 is 1. The molecular weight excluding hydrogens is 202 g/mol. The minimum Gasteiger partial charge on any atom is -0.388 e. The highest BCUT2D eigenvalue weighted by Gasteiger charge is 2.18. The third kappa shape index (κ3) is 3.29. The molecular formula is C13H21NO2. The van der Waals surface area contributed by atoms with Crippen LogP contribution >= 0.6 is 0 Å². The molecule has 0 saturated heterocycles. The molecule has 0 aliphatic rings. The van der Waals surface area contributed by atoms with Crippen LogP contribution in [0.5, 0.6) is 0 Å². The van der Waals surface area contributed by atoms with E-state index in [0.29, 0.717) is 6.61 Å². The normalized spacial score (nSPS) is 14.8. The van der Waals surface area contributed by atoms with Gasteiger partial charge in [-0.15, -0.1) is 0 Å². The average molecular weight is 223 g/mol. The van der Waals surface area contributed by atoms with Crippen molar-refractivity contribution in [3.05, 3.63) is 29.6 Å². The van der Waals surface area contributed by atoms with Crippen LogP contribution < -0.4 is 0 Å². The number of aliphatic hydroxyl groups excluding tert-OH is 1. The molecule has 1 N–H and O–H groups in total. The summed E-state index contributed by atoms with van der Waals surface area (Å²) in [5, 5.41) is 10.2. The van der Waals surface area contributed by atoms with Crippen molar-refractivity contribution >= 4 is 0 Å². The number of pyridine rings is 1. The van der Waals surface area contributed by atoms with Gasteiger partial charge in [0.15, 0.2) is 0 Å². The second kappa shape index (κ2) is 6.61. The molecule has 3 heteroatoms. The lowest BCUT2D eigenvalue weighted by Gasteiger charge is -2.20. The van der Waals surface area contributed by atoms with Gasteiger partial charge in [0.1, 0.15) is 0 Å². The van der Waals surface area contributed by atoms with Crippen LogP contribution in [0.4, 0.5) is 0 Å². The number of rotatable bonds is 6. The van der Waals surface area contributed by atoms with E-state index in [1.54, 1.807) is 13.3 Å². The molecule has 90 valence electrons. The Morgan fingerprint density at radius 2 is 2.25 bits per heavy atom. The molecule has 1 rings (SSSR count). The number of nitrogens with zero attached hydrogens (tertiary/aromatic N) is 1. The fourth-order valence-electron chi connectivity index (χ4n) is 1.79. The summed E-state index contributed by atoms with van der Waals surface area (Å²) >= 11 is 0. The molecule has 2 unspecified atom stereocenters. The first-order valence-corrected chi connectivity index (χ1v) is 5.80. The van der Waals surface area contributed by atoms with Crippen molar-refractivity contribution < 1.29 is 9.84 Å². The summed E-state index contributed by atoms with van der Waals surface area (Å²) in [7, 11) is 1.68. The Labute approximate surface area is 97.5 Å². The number of aliphatic hydroxyl groups is 1. The smallest absolute Gasteiger partial charge is 0.0820 e. The van der Waals surface area contributed by atoms with Crippen molar-refractivity contribution in [2.75, 3.05) is 13.7 Å². The summed E-state index contributed by atoms with van der Waals surface area (Å²) < 4.78 is 5.03. The largest absolute Gasteiger partial charge is 0.388 e. The van der Waals surface area contributed by atoms with Crippen molar-refractivity contribution in [2.24, 2.45) is 5.92 Å². The molecule has 16 heavy (non-hydrogen) atoms. The van der Waals surface area contributed by atoms with E-state index in [0.717, 1.165) is 24.0 Å². The zero-order valence-electron chi connectivity index (χ0n) is 10.3. The highest BCUT2D eigenvalue weighted by Crippen LogP contribution is 2.26. The summed E-state index contributed by atoms with van der Waals surface area (Å²) in [6.07, 6.45) is 4.91. The van der Waals surface area contributed by atoms with E-state index in [2.05, 4.69) is 11.9 Å². The van der Waals surface area contributed by atoms with E-state index in [4.69, 9.17) is 4.74 Å². The molecule has 0 aliphatic heterocycles. The molecule has 0 radical (unpaired) electrons. The Balaban J connectivity index is 2.74. The number of hydrogen-bond donors (Lipinski definition) is 1. The van der Waals surface area contributed by atoms with E-state index < -0.39 is 6.10 Å². The van der Waals surface area contributed by atoms with Crippen LogP contribution in [-0.2, 0) is 11.2 Å². The van der Waals surface area contributed by atoms with E-state index in [-0.39, 0.29) is 5.92 Å². The van der Waals surface area contributed by atoms with Crippen LogP contribution in [0.15, 0.2) is 18.5 Å². The SMILES string of the molecule is CCc1cnccc1C(O)C(C)CCOC. The highest BCUT2D eigenvalue weighted by molar-refractivity contribution is 5.25. The van der Waals surface area contributed by atoms with Gasteiger partial charge < -0.3 is 9.84 Å². The summed E-state index contributed by atoms with van der Waals surface area (Å²) in [5.41, 5.74) is 2.13. The standard InChI is InChI=1S/C13H21NO2/c1-4-11-9-14-7-5-12(11)13(15)10(2)6-8-16-3/h5,7,9-10,13,15H,4,6,8H2,1-3H3. The maximum absolute atomic E-state index is 10.2. The van der Waals surface area contributed by atoms with E-state index in [1.807, 2.05) is 19.2 Å². The van der Waals surface area contributed by atoms with Crippen molar-refractivity contribution in [3.63, 3.8) is 0 Å². The van der Waals surface area contributed by atoms with Gasteiger partial charge in [0.05, 0.1) is 6.10 Å². The molecule has 1 aromatic heterocycles. The fraction of sp³-hybridized carbons (Fsp3) is 0.615. The topological polar surface area (TPSA) is 42.4 Å². The van der Waals surface area contributed by atoms with Crippen molar-refractivity contribution in [3.8, 4) is 0 Å². The molecule has 0 spiro atoms. The van der Waals surface area contributed by atoms with Crippen LogP contribution in [0.25, 0.3) is 0 Å². The zero-order chi connectivity index (χ0) is 12.0. The molecule has 0 amide bonds. The summed E-state index contributed by atoms with van der Waals surface area (Å²) in [5.74, 6) is 0.202. The molecule has 3 nitrogen and oxygen atoms in total. The molecule has 1 aromatic rings. The summed E-state index contributed by atoms with van der Waals surface area (Å²) in [4.78, 5) is 4.08. The summed E-state index contributed by atoms with van der Waals surface area (Å²) in [6, 6.07) is 1.91. The highest BCUT2D eigenvalue weighted by atomic mass is 16.5. The third-order valence-electron chi connectivity index (χ3n) is 2.96. The van der Waals surface area contributed by atoms with Gasteiger partial charge in [-0.25, -0.2) is 0 Å². The van der Waals surface area contributed by atoms with Gasteiger partial charge in [-0.05, 0) is 36.0 Å². The number of hydrogen-bond acceptors (Lipinski definition) is 3. The van der Waals surface area contributed by atoms with Crippen LogP contribution in [0.1, 0.15) is 37.5 Å². The first-order valence-electron chi connectivity index (χ1n) is 5.80. The number of aromatic nitrogens is 1. The summed E-state index contributed by atoms with van der Waals surface area (Å²) in [6.45, 7) is 4.81. The Kier molecular flexibility index (Phi) is 5.43. The van der Waals surface area contributed by atoms with Crippen LogP contribution in [0, 0.1) is 5.92 Å². The fourth-order valence-corrected chi connectivity index (χ4v) is 1.79. The van der Waals surface area contributed by atoms with Crippen LogP contribution in [0.2, 0.25) is 0 Å². The minimum absolute atomic E-state index is 0.202. The molecule has 0 aromatic carbocycles. The molecule has 0 aliphatic carbocycles. The lowest BCUT2D eigenvalue weighted by Crippen LogP contribution is -2.13. The first-order chi connectivity index (χ1) is 7.70. The second-order valence-corrected chi connectivity index (χ2v) is 4.13. The van der Waals surface area contributed by atoms with Gasteiger partial charge in [0, 0.05) is 26.1 Å². The lowest BCUT2D eigenvalue weighted by molar-refractivity contribution is 0.0879. The van der Waals surface area contributed by atoms with Crippen molar-refractivity contribution in [2.45, 2.75) is 32.8 Å². The Morgan fingerprint density at radius 1 is 1.50 bits per heavy atom. The predicted molar refractivity (Wildman–Crippen MR) is 64.2 cm³/mol. The first kappa shape index (κ1) is 13.1. The van der Waals surface area contributed by atoms with Crippen molar-refractivity contribution in [1.29, 1.82) is 0 Å². The van der Waals surface area contributed by atoms with Gasteiger partial charge in [0.25, 0.3) is 0 Å². The lowest BCUT2D eigenvalue weighted by atomic mass is 9.92. The number of ether oxygens (including phenoxy) is 1. The molecule has 1 heterocycles. The maximum atomic E-state index is 10.2. The van der Waals surface area contributed by atoms with Gasteiger partial charge >= 0.3 is 0 Å². The van der Waals surface area contributed by atoms with Gasteiger partial charge in [0.2, 0.25) is 0 Å². The van der Waals surface area contributed by atoms with Crippen molar-refractivity contribution in [1.82, 2.24) is 4.98 Å². The van der Waals surface area contributed by atoms with E-state index in [9.17, 15) is 5.11 Å². The number of aryl methyl sites for hydroxylation is 1. The molecule has 0 saturated carbocycles. The third-order valence-corrected chi connectivity index (χ3v) is 2.96. The predicted octanol–water partition coefficient (Wildman–Crippen LogP) is 2.35. The minimum atomic E-state index is -0.423. The van der Waals surface area contributed by atoms with Crippen LogP contribution in [-0.4, -0.2) is 23.8 Å². The zero-order valence-corrected chi connectivity index (χ0v) is 10.3. The average Bonchev–Trinajstić information content (AvgIpc) is 2.34. The second-order valence-electron chi connectivity index (χ2n) is 4.13. The van der Waals surface area contributed by atoms with E-state index in [1.165, 1.54) is 0 Å². The Morgan fingerprint density at radius 3 is 2.88 bits per heavy atom. The van der Waals surface area contributed by atoms with E-state index >= 15 is 0 Å². The Bertz CT molecular complexity index is 315. The maximum Gasteiger partial charge on any atom is 0.0820 e. The van der Waals surface area contributed by atoms with Gasteiger partial charge in [-0.3, -0.25) is 4.98 Å². The monoisotopic (exact) mass is 223 g/mol. The molecule has 0 fully saturated rings.